The quantitative estimate of drug-likeness (QED) is 0.280. The van der Waals surface area contributed by atoms with Crippen molar-refractivity contribution >= 4 is 5.97 Å². The number of fused-ring (bicyclic) bond motifs is 5. The molecule has 232 valence electrons. The lowest BCUT2D eigenvalue weighted by Crippen LogP contribution is -2.57. The molecule has 4 N–H and O–H groups in total. The van der Waals surface area contributed by atoms with E-state index in [-0.39, 0.29) is 37.2 Å². The number of rotatable bonds is 5. The highest BCUT2D eigenvalue weighted by molar-refractivity contribution is 5.74. The van der Waals surface area contributed by atoms with Crippen LogP contribution < -0.4 is 0 Å². The van der Waals surface area contributed by atoms with E-state index in [9.17, 15) is 56.0 Å². The molecule has 0 aromatic carbocycles. The van der Waals surface area contributed by atoms with Gasteiger partial charge in [0.25, 0.3) is 0 Å². The summed E-state index contributed by atoms with van der Waals surface area (Å²) in [6.45, 7) is 5.43. The molecule has 1 saturated heterocycles. The van der Waals surface area contributed by atoms with Crippen molar-refractivity contribution in [1.82, 2.24) is 0 Å². The molecule has 6 nitrogen and oxygen atoms in total. The van der Waals surface area contributed by atoms with E-state index in [0.29, 0.717) is 25.7 Å². The average molecular weight is 593 g/mol. The van der Waals surface area contributed by atoms with E-state index in [2.05, 4.69) is 0 Å². The second-order valence-corrected chi connectivity index (χ2v) is 13.3. The van der Waals surface area contributed by atoms with Gasteiger partial charge in [-0.1, -0.05) is 20.8 Å². The summed E-state index contributed by atoms with van der Waals surface area (Å²) < 4.78 is 98.4. The van der Waals surface area contributed by atoms with E-state index in [1.165, 1.54) is 6.92 Å². The second-order valence-electron chi connectivity index (χ2n) is 13.3. The lowest BCUT2D eigenvalue weighted by Gasteiger charge is -2.56. The van der Waals surface area contributed by atoms with Crippen molar-refractivity contribution in [2.45, 2.75) is 108 Å². The van der Waals surface area contributed by atoms with Crippen molar-refractivity contribution < 1.29 is 60.7 Å². The first-order chi connectivity index (χ1) is 18.2. The predicted octanol–water partition coefficient (Wildman–Crippen LogP) is 4.32. The minimum Gasteiger partial charge on any atom is -0.465 e. The van der Waals surface area contributed by atoms with Crippen molar-refractivity contribution in [3.63, 3.8) is 0 Å². The number of esters is 1. The summed E-state index contributed by atoms with van der Waals surface area (Å²) in [4.78, 5) is 12.9. The third-order valence-corrected chi connectivity index (χ3v) is 11.4. The van der Waals surface area contributed by atoms with Crippen LogP contribution in [0.4, 0.5) is 30.7 Å². The molecule has 40 heavy (non-hydrogen) atoms. The normalized spacial score (nSPS) is 43.0. The Morgan fingerprint density at radius 2 is 1.50 bits per heavy atom. The monoisotopic (exact) mass is 592 g/mol. The Morgan fingerprint density at radius 3 is 2.08 bits per heavy atom. The van der Waals surface area contributed by atoms with Gasteiger partial charge < -0.3 is 25.2 Å². The third-order valence-electron chi connectivity index (χ3n) is 11.4. The highest BCUT2D eigenvalue weighted by Crippen LogP contribution is 2.66. The number of aliphatic hydroxyl groups excluding tert-OH is 4. The molecule has 0 aromatic heterocycles. The number of ether oxygens (including phenoxy) is 1. The smallest absolute Gasteiger partial charge is 0.431 e. The van der Waals surface area contributed by atoms with Gasteiger partial charge in [0.2, 0.25) is 0 Å². The number of aliphatic hydroxyl groups is 4. The Hall–Kier alpha value is -1.18. The molecule has 0 bridgehead atoms. The van der Waals surface area contributed by atoms with E-state index < -0.39 is 83.4 Å². The molecule has 0 spiro atoms. The molecule has 4 aliphatic rings. The SMILES string of the molecule is C[C@H]([C@@H](O)[C@H](O)CC(F)(C(F)(F)F)C(F)(F)F)[C@H]1CC[C@H]2[C@@H]3COC(=O)[C@H]4C[C@H](O)[C@H](O)C[C@]4(C)[C@H]3CC[C@]12C. The van der Waals surface area contributed by atoms with E-state index in [0.717, 1.165) is 0 Å². The lowest BCUT2D eigenvalue weighted by molar-refractivity contribution is -0.349. The first kappa shape index (κ1) is 31.7. The first-order valence-electron chi connectivity index (χ1n) is 13.9. The topological polar surface area (TPSA) is 107 Å². The van der Waals surface area contributed by atoms with Gasteiger partial charge in [-0.15, -0.1) is 0 Å². The fourth-order valence-corrected chi connectivity index (χ4v) is 9.08. The van der Waals surface area contributed by atoms with Gasteiger partial charge in [0.1, 0.15) is 0 Å². The van der Waals surface area contributed by atoms with Gasteiger partial charge in [-0.25, -0.2) is 4.39 Å². The molecular weight excluding hydrogens is 553 g/mol. The predicted molar refractivity (Wildman–Crippen MR) is 126 cm³/mol. The fourth-order valence-electron chi connectivity index (χ4n) is 9.08. The van der Waals surface area contributed by atoms with Crippen LogP contribution in [0.15, 0.2) is 0 Å². The Kier molecular flexibility index (Phi) is 8.11. The Morgan fingerprint density at radius 1 is 0.925 bits per heavy atom. The van der Waals surface area contributed by atoms with Crippen LogP contribution in [-0.4, -0.2) is 75.4 Å². The summed E-state index contributed by atoms with van der Waals surface area (Å²) in [7, 11) is 0. The maximum absolute atomic E-state index is 14.3. The molecule has 4 rings (SSSR count). The number of carbonyl (C=O) groups excluding carboxylic acids is 1. The molecule has 3 aliphatic carbocycles. The number of hydrogen-bond donors (Lipinski definition) is 4. The summed E-state index contributed by atoms with van der Waals surface area (Å²) in [5.41, 5.74) is -6.86. The van der Waals surface area contributed by atoms with E-state index in [4.69, 9.17) is 4.74 Å². The molecule has 13 heteroatoms. The maximum Gasteiger partial charge on any atom is 0.431 e. The molecule has 0 aromatic rings. The molecule has 1 aliphatic heterocycles. The second kappa shape index (κ2) is 10.2. The molecule has 4 fully saturated rings. The van der Waals surface area contributed by atoms with Crippen LogP contribution in [0.25, 0.3) is 0 Å². The number of halogens is 7. The van der Waals surface area contributed by atoms with Crippen molar-refractivity contribution in [2.24, 2.45) is 46.3 Å². The Balaban J connectivity index is 1.55. The van der Waals surface area contributed by atoms with Gasteiger partial charge in [-0.3, -0.25) is 4.79 Å². The Bertz CT molecular complexity index is 945. The Labute approximate surface area is 228 Å². The zero-order valence-electron chi connectivity index (χ0n) is 22.7. The number of hydrogen-bond acceptors (Lipinski definition) is 6. The van der Waals surface area contributed by atoms with Gasteiger partial charge in [-0.05, 0) is 78.9 Å². The molecule has 0 radical (unpaired) electrons. The van der Waals surface area contributed by atoms with Gasteiger partial charge in [0.05, 0.1) is 36.9 Å². The minimum absolute atomic E-state index is 0.0422. The van der Waals surface area contributed by atoms with Crippen molar-refractivity contribution in [2.75, 3.05) is 6.61 Å². The molecular formula is C27H39F7O6. The van der Waals surface area contributed by atoms with Gasteiger partial charge in [0, 0.05) is 6.42 Å². The molecule has 0 unspecified atom stereocenters. The highest BCUT2D eigenvalue weighted by Gasteiger charge is 2.73. The largest absolute Gasteiger partial charge is 0.465 e. The summed E-state index contributed by atoms with van der Waals surface area (Å²) >= 11 is 0. The first-order valence-corrected chi connectivity index (χ1v) is 13.9. The molecule has 1 heterocycles. The maximum atomic E-state index is 14.3. The summed E-state index contributed by atoms with van der Waals surface area (Å²) in [6.07, 6.45) is -19.2. The van der Waals surface area contributed by atoms with E-state index >= 15 is 0 Å². The third kappa shape index (κ3) is 4.84. The van der Waals surface area contributed by atoms with Crippen LogP contribution in [0, 0.1) is 46.3 Å². The zero-order valence-corrected chi connectivity index (χ0v) is 22.7. The molecule has 12 atom stereocenters. The summed E-state index contributed by atoms with van der Waals surface area (Å²) in [6, 6.07) is 0. The lowest BCUT2D eigenvalue weighted by atomic mass is 9.48. The van der Waals surface area contributed by atoms with Crippen LogP contribution in [0.5, 0.6) is 0 Å². The van der Waals surface area contributed by atoms with E-state index in [1.807, 2.05) is 13.8 Å². The average Bonchev–Trinajstić information content (AvgIpc) is 3.14. The van der Waals surface area contributed by atoms with Crippen molar-refractivity contribution in [3.8, 4) is 0 Å². The van der Waals surface area contributed by atoms with Crippen LogP contribution in [-0.2, 0) is 9.53 Å². The zero-order chi connectivity index (χ0) is 30.2. The van der Waals surface area contributed by atoms with Crippen molar-refractivity contribution in [1.29, 1.82) is 0 Å². The van der Waals surface area contributed by atoms with E-state index in [1.54, 1.807) is 0 Å². The number of alkyl halides is 7. The van der Waals surface area contributed by atoms with Crippen LogP contribution in [0.2, 0.25) is 0 Å². The number of cyclic esters (lactones) is 1. The van der Waals surface area contributed by atoms with Crippen LogP contribution in [0.1, 0.15) is 65.7 Å². The fraction of sp³-hybridized carbons (Fsp3) is 0.963. The summed E-state index contributed by atoms with van der Waals surface area (Å²) in [5, 5.41) is 41.7. The molecule has 3 saturated carbocycles. The van der Waals surface area contributed by atoms with Crippen LogP contribution >= 0.6 is 0 Å². The van der Waals surface area contributed by atoms with Gasteiger partial charge in [0.15, 0.2) is 0 Å². The molecule has 0 amide bonds. The highest BCUT2D eigenvalue weighted by atomic mass is 19.4. The van der Waals surface area contributed by atoms with Crippen molar-refractivity contribution in [3.05, 3.63) is 0 Å². The number of carbonyl (C=O) groups is 1. The van der Waals surface area contributed by atoms with Crippen LogP contribution in [0.3, 0.4) is 0 Å². The van der Waals surface area contributed by atoms with Gasteiger partial charge in [-0.2, -0.15) is 26.3 Å². The van der Waals surface area contributed by atoms with Gasteiger partial charge >= 0.3 is 24.0 Å². The summed E-state index contributed by atoms with van der Waals surface area (Å²) in [5.74, 6) is -2.64. The standard InChI is InChI=1S/C27H39F7O6/c1-12(21(38)20(37)10-25(28,26(29,30)31)27(32,33)34)14-4-5-15-13-11-40-22(39)17-8-18(35)19(36)9-24(17,3)16(13)6-7-23(14,15)2/h12-21,35-38H,4-11H2,1-3H3/t12-,13-,14+,15-,16-,17+,18-,19+,20+,21+,23+,24+/m0/s1. The minimum atomic E-state index is -6.33.